The molecule has 0 fully saturated rings. The average molecular weight is 742 g/mol. The van der Waals surface area contributed by atoms with Crippen LogP contribution in [0.4, 0.5) is 9.18 Å². The minimum atomic E-state index is -1.40. The molecule has 0 heterocycles. The van der Waals surface area contributed by atoms with E-state index < -0.39 is 60.0 Å². The lowest BCUT2D eigenvalue weighted by Gasteiger charge is -2.26. The van der Waals surface area contributed by atoms with Crippen LogP contribution in [0.3, 0.4) is 0 Å². The van der Waals surface area contributed by atoms with Gasteiger partial charge in [0.1, 0.15) is 34.8 Å². The van der Waals surface area contributed by atoms with Crippen LogP contribution in [0.15, 0.2) is 97.1 Å². The van der Waals surface area contributed by atoms with E-state index in [0.717, 1.165) is 11.1 Å². The van der Waals surface area contributed by atoms with Gasteiger partial charge in [0, 0.05) is 24.9 Å². The molecule has 3 atom stereocenters. The monoisotopic (exact) mass is 741 g/mol. The number of hydrogen-bond acceptors (Lipinski definition) is 7. The summed E-state index contributed by atoms with van der Waals surface area (Å²) in [6.07, 6.45) is -0.987. The summed E-state index contributed by atoms with van der Waals surface area (Å²) in [5, 5.41) is 27.0. The van der Waals surface area contributed by atoms with Crippen molar-refractivity contribution in [3.63, 3.8) is 0 Å². The molecule has 5 N–H and O–H groups in total. The van der Waals surface area contributed by atoms with Crippen LogP contribution >= 0.6 is 0 Å². The Balaban J connectivity index is 1.59. The number of carboxylic acid groups (broad SMARTS) is 2. The predicted molar refractivity (Wildman–Crippen MR) is 199 cm³/mol. The maximum absolute atomic E-state index is 15.2. The van der Waals surface area contributed by atoms with Gasteiger partial charge in [-0.15, -0.1) is 0 Å². The maximum Gasteiger partial charge on any atom is 0.408 e. The normalized spacial score (nSPS) is 12.8. The van der Waals surface area contributed by atoms with Crippen LogP contribution in [0.25, 0.3) is 11.1 Å². The molecular weight excluding hydrogens is 697 g/mol. The summed E-state index contributed by atoms with van der Waals surface area (Å²) in [4.78, 5) is 63.7. The molecule has 4 aromatic rings. The van der Waals surface area contributed by atoms with Gasteiger partial charge in [-0.1, -0.05) is 85.8 Å². The Morgan fingerprint density at radius 2 is 1.39 bits per heavy atom. The van der Waals surface area contributed by atoms with E-state index in [-0.39, 0.29) is 36.6 Å². The van der Waals surface area contributed by atoms with E-state index in [2.05, 4.69) is 16.0 Å². The van der Waals surface area contributed by atoms with Crippen molar-refractivity contribution in [2.24, 2.45) is 0 Å². The van der Waals surface area contributed by atoms with Crippen molar-refractivity contribution in [3.05, 3.63) is 125 Å². The number of rotatable bonds is 16. The molecule has 0 aliphatic rings. The number of nitrogens with one attached hydrogen (secondary N) is 3. The summed E-state index contributed by atoms with van der Waals surface area (Å²) in [5.41, 5.74) is 1.61. The highest BCUT2D eigenvalue weighted by molar-refractivity contribution is 5.93. The van der Waals surface area contributed by atoms with Crippen LogP contribution in [0.1, 0.15) is 60.7 Å². The number of alkyl carbamates (subject to hydrolysis) is 1. The first kappa shape index (κ1) is 40.5. The highest BCUT2D eigenvalue weighted by Gasteiger charge is 2.30. The van der Waals surface area contributed by atoms with Crippen LogP contribution < -0.4 is 20.7 Å². The standard InChI is InChI=1S/C41H44FN3O9/c1-25(29-16-17-30(32(42)22-29)28-13-9-6-10-14-28)23-43-37(48)33(21-27-15-18-35(53-24-36(46)47)31(19-27)39(50)51)44-38(49)34(20-26-11-7-5-8-12-26)45-40(52)54-41(2,3)4/h5-19,22,25,33-34H,20-21,23-24H2,1-4H3,(H,43,48)(H,44,49)(H,45,52)(H,46,47)(H,50,51)/t25?,33-,34-/m0/s1. The minimum Gasteiger partial charge on any atom is -0.481 e. The van der Waals surface area contributed by atoms with Crippen molar-refractivity contribution in [2.75, 3.05) is 13.2 Å². The molecule has 13 heteroatoms. The largest absolute Gasteiger partial charge is 0.481 e. The molecule has 0 saturated carbocycles. The highest BCUT2D eigenvalue weighted by Crippen LogP contribution is 2.26. The molecule has 1 unspecified atom stereocenters. The lowest BCUT2D eigenvalue weighted by Crippen LogP contribution is -2.55. The Kier molecular flexibility index (Phi) is 13.9. The summed E-state index contributed by atoms with van der Waals surface area (Å²) < 4.78 is 25.7. The van der Waals surface area contributed by atoms with Crippen molar-refractivity contribution in [3.8, 4) is 16.9 Å². The van der Waals surface area contributed by atoms with Gasteiger partial charge in [-0.05, 0) is 67.1 Å². The Morgan fingerprint density at radius 1 is 0.759 bits per heavy atom. The van der Waals surface area contributed by atoms with Crippen molar-refractivity contribution in [1.82, 2.24) is 16.0 Å². The number of hydrogen-bond donors (Lipinski definition) is 5. The number of amides is 3. The SMILES string of the molecule is CC(CNC(=O)[C@H](Cc1ccc(OCC(=O)O)c(C(=O)O)c1)NC(=O)[C@H](Cc1ccccc1)NC(=O)OC(C)(C)C)c1ccc(-c2ccccc2)c(F)c1. The number of benzene rings is 4. The first-order valence-corrected chi connectivity index (χ1v) is 17.3. The molecule has 0 radical (unpaired) electrons. The fourth-order valence-electron chi connectivity index (χ4n) is 5.55. The Morgan fingerprint density at radius 3 is 2.00 bits per heavy atom. The van der Waals surface area contributed by atoms with E-state index in [1.807, 2.05) is 18.2 Å². The molecule has 4 rings (SSSR count). The zero-order chi connectivity index (χ0) is 39.4. The molecule has 0 bridgehead atoms. The third-order valence-corrected chi connectivity index (χ3v) is 8.22. The van der Waals surface area contributed by atoms with Gasteiger partial charge < -0.3 is 35.6 Å². The summed E-state index contributed by atoms with van der Waals surface area (Å²) >= 11 is 0. The number of carbonyl (C=O) groups is 5. The Hall–Kier alpha value is -6.24. The molecule has 0 saturated heterocycles. The fraction of sp³-hybridized carbons (Fsp3) is 0.293. The van der Waals surface area contributed by atoms with Crippen LogP contribution in [0.2, 0.25) is 0 Å². The van der Waals surface area contributed by atoms with Crippen molar-refractivity contribution in [2.45, 2.75) is 64.1 Å². The molecule has 12 nitrogen and oxygen atoms in total. The smallest absolute Gasteiger partial charge is 0.408 e. The van der Waals surface area contributed by atoms with Gasteiger partial charge in [-0.3, -0.25) is 9.59 Å². The number of aromatic carboxylic acids is 1. The van der Waals surface area contributed by atoms with E-state index >= 15 is 4.39 Å². The number of halogens is 1. The lowest BCUT2D eigenvalue weighted by molar-refractivity contribution is -0.139. The van der Waals surface area contributed by atoms with Gasteiger partial charge >= 0.3 is 18.0 Å². The fourth-order valence-corrected chi connectivity index (χ4v) is 5.55. The highest BCUT2D eigenvalue weighted by atomic mass is 19.1. The minimum absolute atomic E-state index is 0.0562. The molecule has 0 aliphatic carbocycles. The van der Waals surface area contributed by atoms with E-state index in [4.69, 9.17) is 14.6 Å². The predicted octanol–water partition coefficient (Wildman–Crippen LogP) is 5.74. The molecular formula is C41H44FN3O9. The number of ether oxygens (including phenoxy) is 2. The number of carbonyl (C=O) groups excluding carboxylic acids is 3. The molecule has 0 aliphatic heterocycles. The number of aliphatic carboxylic acids is 1. The molecule has 3 amide bonds. The zero-order valence-electron chi connectivity index (χ0n) is 30.4. The van der Waals surface area contributed by atoms with Crippen LogP contribution in [0.5, 0.6) is 5.75 Å². The van der Waals surface area contributed by atoms with Crippen molar-refractivity contribution >= 4 is 29.8 Å². The summed E-state index contributed by atoms with van der Waals surface area (Å²) in [6.45, 7) is 6.12. The van der Waals surface area contributed by atoms with Crippen LogP contribution in [-0.2, 0) is 32.0 Å². The van der Waals surface area contributed by atoms with Gasteiger partial charge in [0.15, 0.2) is 6.61 Å². The quantitative estimate of drug-likeness (QED) is 0.0958. The van der Waals surface area contributed by atoms with Gasteiger partial charge in [0.25, 0.3) is 0 Å². The first-order chi connectivity index (χ1) is 25.6. The second-order valence-electron chi connectivity index (χ2n) is 13.7. The topological polar surface area (TPSA) is 180 Å². The molecule has 0 aromatic heterocycles. The summed E-state index contributed by atoms with van der Waals surface area (Å²) in [5.74, 6) is -5.01. The Bertz CT molecular complexity index is 1950. The van der Waals surface area contributed by atoms with Crippen LogP contribution in [0, 0.1) is 5.82 Å². The van der Waals surface area contributed by atoms with Gasteiger partial charge in [0.2, 0.25) is 11.8 Å². The third-order valence-electron chi connectivity index (χ3n) is 8.22. The van der Waals surface area contributed by atoms with Crippen molar-refractivity contribution in [1.29, 1.82) is 0 Å². The maximum atomic E-state index is 15.2. The lowest BCUT2D eigenvalue weighted by atomic mass is 9.96. The average Bonchev–Trinajstić information content (AvgIpc) is 3.12. The Labute approximate surface area is 312 Å². The van der Waals surface area contributed by atoms with Crippen molar-refractivity contribution < 1.29 is 48.0 Å². The van der Waals surface area contributed by atoms with Crippen LogP contribution in [-0.4, -0.2) is 70.9 Å². The van der Waals surface area contributed by atoms with Gasteiger partial charge in [-0.2, -0.15) is 0 Å². The number of carboxylic acids is 2. The summed E-state index contributed by atoms with van der Waals surface area (Å²) in [6, 6.07) is 24.4. The second-order valence-corrected chi connectivity index (χ2v) is 13.7. The van der Waals surface area contributed by atoms with Gasteiger partial charge in [-0.25, -0.2) is 18.8 Å². The van der Waals surface area contributed by atoms with E-state index in [1.165, 1.54) is 24.3 Å². The third kappa shape index (κ3) is 12.2. The zero-order valence-corrected chi connectivity index (χ0v) is 30.4. The van der Waals surface area contributed by atoms with E-state index in [0.29, 0.717) is 16.7 Å². The second kappa shape index (κ2) is 18.5. The molecule has 4 aromatic carbocycles. The van der Waals surface area contributed by atoms with E-state index in [9.17, 15) is 29.1 Å². The van der Waals surface area contributed by atoms with E-state index in [1.54, 1.807) is 82.3 Å². The molecule has 0 spiro atoms. The van der Waals surface area contributed by atoms with Gasteiger partial charge in [0.05, 0.1) is 0 Å². The first-order valence-electron chi connectivity index (χ1n) is 17.3. The molecule has 284 valence electrons. The summed E-state index contributed by atoms with van der Waals surface area (Å²) in [7, 11) is 0. The molecule has 54 heavy (non-hydrogen) atoms.